The predicted molar refractivity (Wildman–Crippen MR) is 91.8 cm³/mol. The molecule has 7 heteroatoms. The van der Waals surface area contributed by atoms with Crippen LogP contribution in [0.15, 0.2) is 64.4 Å². The van der Waals surface area contributed by atoms with Gasteiger partial charge < -0.3 is 0 Å². The van der Waals surface area contributed by atoms with Crippen LogP contribution in [0.2, 0.25) is 0 Å². The van der Waals surface area contributed by atoms with Crippen molar-refractivity contribution < 1.29 is 16.8 Å². The molecule has 0 heterocycles. The molecule has 1 aliphatic rings. The highest BCUT2D eigenvalue weighted by Crippen LogP contribution is 2.41. The molecule has 3 rings (SSSR count). The molecule has 128 valence electrons. The first-order valence-corrected chi connectivity index (χ1v) is 11.0. The summed E-state index contributed by atoms with van der Waals surface area (Å²) in [4.78, 5) is -0.380. The van der Waals surface area contributed by atoms with E-state index in [-0.39, 0.29) is 21.8 Å². The fraction of sp³-hybridized carbons (Fsp3) is 0.294. The number of nitrogens with one attached hydrogen (secondary N) is 1. The van der Waals surface area contributed by atoms with Crippen LogP contribution in [-0.2, 0) is 19.9 Å². The normalized spacial score (nSPS) is 16.7. The SMILES string of the molecule is CS(=O)(=O)c1ccccc1S(=O)(=O)N[C@@H](c1ccccc1)C1CC1. The molecule has 0 aromatic heterocycles. The highest BCUT2D eigenvalue weighted by Gasteiger charge is 2.36. The van der Waals surface area contributed by atoms with Crippen molar-refractivity contribution in [3.05, 3.63) is 60.2 Å². The van der Waals surface area contributed by atoms with Gasteiger partial charge in [-0.3, -0.25) is 0 Å². The van der Waals surface area contributed by atoms with Gasteiger partial charge in [0.1, 0.15) is 4.90 Å². The Morgan fingerprint density at radius 2 is 1.42 bits per heavy atom. The van der Waals surface area contributed by atoms with E-state index in [1.54, 1.807) is 0 Å². The lowest BCUT2D eigenvalue weighted by molar-refractivity contribution is 0.526. The van der Waals surface area contributed by atoms with Crippen molar-refractivity contribution >= 4 is 19.9 Å². The smallest absolute Gasteiger partial charge is 0.224 e. The molecule has 1 aliphatic carbocycles. The highest BCUT2D eigenvalue weighted by molar-refractivity contribution is 7.93. The number of sulfonamides is 1. The highest BCUT2D eigenvalue weighted by atomic mass is 32.2. The molecule has 0 spiro atoms. The van der Waals surface area contributed by atoms with E-state index in [4.69, 9.17) is 0 Å². The summed E-state index contributed by atoms with van der Waals surface area (Å²) in [6.07, 6.45) is 2.92. The van der Waals surface area contributed by atoms with Crippen LogP contribution in [0.4, 0.5) is 0 Å². The molecule has 1 atom stereocenters. The molecule has 0 saturated heterocycles. The molecular formula is C17H19NO4S2. The fourth-order valence-electron chi connectivity index (χ4n) is 2.74. The first kappa shape index (κ1) is 17.1. The third-order valence-electron chi connectivity index (χ3n) is 4.07. The Kier molecular flexibility index (Phi) is 4.50. The summed E-state index contributed by atoms with van der Waals surface area (Å²) in [6.45, 7) is 0. The van der Waals surface area contributed by atoms with Crippen LogP contribution in [0.3, 0.4) is 0 Å². The van der Waals surface area contributed by atoms with Gasteiger partial charge in [-0.15, -0.1) is 0 Å². The minimum Gasteiger partial charge on any atom is -0.224 e. The van der Waals surface area contributed by atoms with E-state index in [0.29, 0.717) is 0 Å². The van der Waals surface area contributed by atoms with Gasteiger partial charge in [0.25, 0.3) is 0 Å². The summed E-state index contributed by atoms with van der Waals surface area (Å²) in [6, 6.07) is 14.7. The molecule has 24 heavy (non-hydrogen) atoms. The zero-order valence-corrected chi connectivity index (χ0v) is 14.8. The molecular weight excluding hydrogens is 346 g/mol. The molecule has 2 aromatic carbocycles. The molecule has 0 unspecified atom stereocenters. The average Bonchev–Trinajstić information content (AvgIpc) is 3.37. The second kappa shape index (κ2) is 6.31. The van der Waals surface area contributed by atoms with Crippen molar-refractivity contribution in [3.8, 4) is 0 Å². The Bertz CT molecular complexity index is 934. The van der Waals surface area contributed by atoms with Crippen molar-refractivity contribution in [1.29, 1.82) is 0 Å². The second-order valence-electron chi connectivity index (χ2n) is 6.07. The maximum Gasteiger partial charge on any atom is 0.242 e. The average molecular weight is 365 g/mol. The van der Waals surface area contributed by atoms with Crippen molar-refractivity contribution in [3.63, 3.8) is 0 Å². The first-order chi connectivity index (χ1) is 11.3. The van der Waals surface area contributed by atoms with Gasteiger partial charge in [-0.25, -0.2) is 21.6 Å². The largest absolute Gasteiger partial charge is 0.242 e. The molecule has 0 amide bonds. The minimum atomic E-state index is -3.96. The zero-order valence-electron chi connectivity index (χ0n) is 13.2. The molecule has 0 bridgehead atoms. The van der Waals surface area contributed by atoms with Gasteiger partial charge >= 0.3 is 0 Å². The predicted octanol–water partition coefficient (Wildman–Crippen LogP) is 2.52. The Morgan fingerprint density at radius 1 is 0.875 bits per heavy atom. The molecule has 5 nitrogen and oxygen atoms in total. The van der Waals surface area contributed by atoms with Crippen LogP contribution in [0.5, 0.6) is 0 Å². The Labute approximate surface area is 142 Å². The number of hydrogen-bond donors (Lipinski definition) is 1. The van der Waals surface area contributed by atoms with Gasteiger partial charge in [0.15, 0.2) is 9.84 Å². The van der Waals surface area contributed by atoms with Crippen molar-refractivity contribution in [2.75, 3.05) is 6.26 Å². The van der Waals surface area contributed by atoms with Crippen molar-refractivity contribution in [2.24, 2.45) is 5.92 Å². The Balaban J connectivity index is 2.00. The molecule has 2 aromatic rings. The lowest BCUT2D eigenvalue weighted by Crippen LogP contribution is -2.31. The van der Waals surface area contributed by atoms with Gasteiger partial charge in [-0.2, -0.15) is 0 Å². The summed E-state index contributed by atoms with van der Waals surface area (Å²) < 4.78 is 52.2. The number of rotatable bonds is 6. The topological polar surface area (TPSA) is 80.3 Å². The second-order valence-corrected chi connectivity index (χ2v) is 9.73. The van der Waals surface area contributed by atoms with E-state index in [2.05, 4.69) is 4.72 Å². The third kappa shape index (κ3) is 3.68. The third-order valence-corrected chi connectivity index (χ3v) is 6.86. The number of benzene rings is 2. The van der Waals surface area contributed by atoms with Crippen LogP contribution in [0.1, 0.15) is 24.4 Å². The zero-order chi connectivity index (χ0) is 17.4. The first-order valence-electron chi connectivity index (χ1n) is 7.65. The van der Waals surface area contributed by atoms with Gasteiger partial charge in [0, 0.05) is 12.3 Å². The van der Waals surface area contributed by atoms with Crippen molar-refractivity contribution in [1.82, 2.24) is 4.72 Å². The standard InChI is InChI=1S/C17H19NO4S2/c1-23(19,20)15-9-5-6-10-16(15)24(21,22)18-17(14-11-12-14)13-7-3-2-4-8-13/h2-10,14,17-18H,11-12H2,1H3/t17-/m0/s1. The maximum absolute atomic E-state index is 12.8. The van der Waals surface area contributed by atoms with E-state index in [1.165, 1.54) is 24.3 Å². The van der Waals surface area contributed by atoms with Crippen LogP contribution < -0.4 is 4.72 Å². The van der Waals surface area contributed by atoms with E-state index in [0.717, 1.165) is 24.7 Å². The fourth-order valence-corrected chi connectivity index (χ4v) is 5.66. The van der Waals surface area contributed by atoms with Gasteiger partial charge in [0.05, 0.1) is 4.90 Å². The van der Waals surface area contributed by atoms with Crippen molar-refractivity contribution in [2.45, 2.75) is 28.7 Å². The van der Waals surface area contributed by atoms with E-state index < -0.39 is 19.9 Å². The summed E-state index contributed by atoms with van der Waals surface area (Å²) in [7, 11) is -7.60. The van der Waals surface area contributed by atoms with Gasteiger partial charge in [0.2, 0.25) is 10.0 Å². The Morgan fingerprint density at radius 3 is 1.96 bits per heavy atom. The summed E-state index contributed by atoms with van der Waals surface area (Å²) in [5.74, 6) is 0.243. The summed E-state index contributed by atoms with van der Waals surface area (Å²) in [5, 5.41) is 0. The van der Waals surface area contributed by atoms with Crippen LogP contribution >= 0.6 is 0 Å². The van der Waals surface area contributed by atoms with E-state index in [9.17, 15) is 16.8 Å². The maximum atomic E-state index is 12.8. The number of hydrogen-bond acceptors (Lipinski definition) is 4. The lowest BCUT2D eigenvalue weighted by Gasteiger charge is -2.19. The molecule has 0 radical (unpaired) electrons. The van der Waals surface area contributed by atoms with Gasteiger partial charge in [-0.1, -0.05) is 42.5 Å². The van der Waals surface area contributed by atoms with Gasteiger partial charge in [-0.05, 0) is 36.5 Å². The molecule has 1 fully saturated rings. The molecule has 0 aliphatic heterocycles. The summed E-state index contributed by atoms with van der Waals surface area (Å²) >= 11 is 0. The van der Waals surface area contributed by atoms with Crippen LogP contribution in [0, 0.1) is 5.92 Å². The molecule has 1 N–H and O–H groups in total. The quantitative estimate of drug-likeness (QED) is 0.853. The van der Waals surface area contributed by atoms with Crippen LogP contribution in [-0.4, -0.2) is 23.1 Å². The van der Waals surface area contributed by atoms with E-state index >= 15 is 0 Å². The summed E-state index contributed by atoms with van der Waals surface area (Å²) in [5.41, 5.74) is 0.889. The van der Waals surface area contributed by atoms with E-state index in [1.807, 2.05) is 30.3 Å². The van der Waals surface area contributed by atoms with Crippen LogP contribution in [0.25, 0.3) is 0 Å². The number of sulfone groups is 1. The monoisotopic (exact) mass is 365 g/mol. The minimum absolute atomic E-state index is 0.180. The lowest BCUT2D eigenvalue weighted by atomic mass is 10.0. The Hall–Kier alpha value is -1.70. The molecule has 1 saturated carbocycles.